The number of hydrogen-bond donors (Lipinski definition) is 1. The lowest BCUT2D eigenvalue weighted by Gasteiger charge is -2.07. The van der Waals surface area contributed by atoms with Crippen molar-refractivity contribution in [2.45, 2.75) is 26.4 Å². The van der Waals surface area contributed by atoms with Crippen LogP contribution in [-0.4, -0.2) is 11.0 Å². The smallest absolute Gasteiger partial charge is 0.181 e. The zero-order chi connectivity index (χ0) is 13.1. The highest BCUT2D eigenvalue weighted by Gasteiger charge is 2.13. The van der Waals surface area contributed by atoms with Gasteiger partial charge in [0.1, 0.15) is 5.69 Å². The average molecular weight is 252 g/mol. The molecule has 5 heteroatoms. The molecule has 0 unspecified atom stereocenters. The van der Waals surface area contributed by atoms with Gasteiger partial charge in [0.2, 0.25) is 0 Å². The molecule has 1 aromatic carbocycles. The highest BCUT2D eigenvalue weighted by atomic mass is 19.2. The summed E-state index contributed by atoms with van der Waals surface area (Å²) in [6.45, 7) is 4.54. The molecule has 3 nitrogen and oxygen atoms in total. The van der Waals surface area contributed by atoms with E-state index in [1.807, 2.05) is 13.8 Å². The largest absolute Gasteiger partial charge is 0.443 e. The minimum Gasteiger partial charge on any atom is -0.443 e. The first-order valence-electron chi connectivity index (χ1n) is 5.69. The molecule has 0 aliphatic carbocycles. The van der Waals surface area contributed by atoms with Crippen LogP contribution in [-0.2, 0) is 6.54 Å². The molecule has 0 aliphatic rings. The van der Waals surface area contributed by atoms with Gasteiger partial charge in [0.25, 0.3) is 0 Å². The third-order valence-corrected chi connectivity index (χ3v) is 2.50. The van der Waals surface area contributed by atoms with E-state index >= 15 is 0 Å². The molecule has 0 saturated heterocycles. The number of halogens is 2. The van der Waals surface area contributed by atoms with Crippen molar-refractivity contribution in [3.05, 3.63) is 41.9 Å². The normalized spacial score (nSPS) is 11.2. The highest BCUT2D eigenvalue weighted by molar-refractivity contribution is 5.59. The summed E-state index contributed by atoms with van der Waals surface area (Å²) in [7, 11) is 0. The van der Waals surface area contributed by atoms with Crippen molar-refractivity contribution in [1.82, 2.24) is 10.3 Å². The molecule has 2 aromatic rings. The van der Waals surface area contributed by atoms with Crippen LogP contribution in [0.4, 0.5) is 8.78 Å². The molecule has 0 atom stereocenters. The number of aromatic nitrogens is 1. The zero-order valence-corrected chi connectivity index (χ0v) is 10.2. The van der Waals surface area contributed by atoms with E-state index in [1.54, 1.807) is 0 Å². The number of nitrogens with one attached hydrogen (secondary N) is 1. The fourth-order valence-electron chi connectivity index (χ4n) is 1.57. The Morgan fingerprint density at radius 2 is 2.06 bits per heavy atom. The number of hydrogen-bond acceptors (Lipinski definition) is 3. The molecular weight excluding hydrogens is 238 g/mol. The van der Waals surface area contributed by atoms with Gasteiger partial charge in [-0.25, -0.2) is 13.8 Å². The van der Waals surface area contributed by atoms with Crippen LogP contribution in [0.15, 0.2) is 29.0 Å². The van der Waals surface area contributed by atoms with Gasteiger partial charge in [-0.1, -0.05) is 13.8 Å². The second-order valence-corrected chi connectivity index (χ2v) is 4.29. The van der Waals surface area contributed by atoms with Gasteiger partial charge in [-0.3, -0.25) is 0 Å². The Bertz CT molecular complexity index is 538. The Morgan fingerprint density at radius 3 is 2.72 bits per heavy atom. The van der Waals surface area contributed by atoms with Crippen LogP contribution in [0.25, 0.3) is 11.3 Å². The predicted molar refractivity (Wildman–Crippen MR) is 63.8 cm³/mol. The monoisotopic (exact) mass is 252 g/mol. The summed E-state index contributed by atoms with van der Waals surface area (Å²) in [4.78, 5) is 4.07. The molecule has 0 fully saturated rings. The van der Waals surface area contributed by atoms with Gasteiger partial charge in [-0.15, -0.1) is 0 Å². The Hall–Kier alpha value is -1.75. The Labute approximate surface area is 104 Å². The fourth-order valence-corrected chi connectivity index (χ4v) is 1.57. The minimum atomic E-state index is -0.897. The van der Waals surface area contributed by atoms with Crippen molar-refractivity contribution < 1.29 is 13.2 Å². The molecule has 1 heterocycles. The van der Waals surface area contributed by atoms with Crippen molar-refractivity contribution >= 4 is 0 Å². The molecule has 0 saturated carbocycles. The SMILES string of the molecule is CC(C)NCc1ncoc1-c1ccc(F)c(F)c1. The second kappa shape index (κ2) is 5.27. The van der Waals surface area contributed by atoms with Crippen LogP contribution in [0.5, 0.6) is 0 Å². The molecule has 0 radical (unpaired) electrons. The van der Waals surface area contributed by atoms with E-state index in [9.17, 15) is 8.78 Å². The lowest BCUT2D eigenvalue weighted by molar-refractivity contribution is 0.507. The van der Waals surface area contributed by atoms with Crippen LogP contribution >= 0.6 is 0 Å². The Kier molecular flexibility index (Phi) is 3.72. The van der Waals surface area contributed by atoms with Crippen molar-refractivity contribution in [2.75, 3.05) is 0 Å². The van der Waals surface area contributed by atoms with E-state index in [0.29, 0.717) is 29.6 Å². The molecule has 1 N–H and O–H groups in total. The standard InChI is InChI=1S/C13H14F2N2O/c1-8(2)16-6-12-13(18-7-17-12)9-3-4-10(14)11(15)5-9/h3-5,7-8,16H,6H2,1-2H3. The topological polar surface area (TPSA) is 38.1 Å². The lowest BCUT2D eigenvalue weighted by atomic mass is 10.1. The molecule has 0 bridgehead atoms. The van der Waals surface area contributed by atoms with Crippen molar-refractivity contribution in [1.29, 1.82) is 0 Å². The maximum Gasteiger partial charge on any atom is 0.181 e. The van der Waals surface area contributed by atoms with Crippen molar-refractivity contribution in [3.63, 3.8) is 0 Å². The van der Waals surface area contributed by atoms with Crippen LogP contribution in [0, 0.1) is 11.6 Å². The van der Waals surface area contributed by atoms with Gasteiger partial charge >= 0.3 is 0 Å². The van der Waals surface area contributed by atoms with Crippen LogP contribution in [0.1, 0.15) is 19.5 Å². The van der Waals surface area contributed by atoms with Crippen LogP contribution < -0.4 is 5.32 Å². The Balaban J connectivity index is 2.27. The van der Waals surface area contributed by atoms with E-state index in [2.05, 4.69) is 10.3 Å². The fraction of sp³-hybridized carbons (Fsp3) is 0.308. The van der Waals surface area contributed by atoms with Gasteiger partial charge in [0.05, 0.1) is 0 Å². The second-order valence-electron chi connectivity index (χ2n) is 4.29. The van der Waals surface area contributed by atoms with Gasteiger partial charge < -0.3 is 9.73 Å². The number of nitrogens with zero attached hydrogens (tertiary/aromatic N) is 1. The lowest BCUT2D eigenvalue weighted by Crippen LogP contribution is -2.22. The van der Waals surface area contributed by atoms with E-state index in [-0.39, 0.29) is 0 Å². The first-order valence-corrected chi connectivity index (χ1v) is 5.69. The van der Waals surface area contributed by atoms with Gasteiger partial charge in [-0.05, 0) is 18.2 Å². The summed E-state index contributed by atoms with van der Waals surface area (Å²) >= 11 is 0. The summed E-state index contributed by atoms with van der Waals surface area (Å²) < 4.78 is 31.3. The Morgan fingerprint density at radius 1 is 1.28 bits per heavy atom. The highest BCUT2D eigenvalue weighted by Crippen LogP contribution is 2.24. The summed E-state index contributed by atoms with van der Waals surface area (Å²) in [5.74, 6) is -1.31. The van der Waals surface area contributed by atoms with Crippen LogP contribution in [0.3, 0.4) is 0 Å². The zero-order valence-electron chi connectivity index (χ0n) is 10.2. The summed E-state index contributed by atoms with van der Waals surface area (Å²) in [5.41, 5.74) is 1.15. The van der Waals surface area contributed by atoms with Gasteiger partial charge in [-0.2, -0.15) is 0 Å². The minimum absolute atomic E-state index is 0.305. The first-order chi connectivity index (χ1) is 8.58. The van der Waals surface area contributed by atoms with Gasteiger partial charge in [0.15, 0.2) is 23.8 Å². The quantitative estimate of drug-likeness (QED) is 0.908. The van der Waals surface area contributed by atoms with E-state index in [4.69, 9.17) is 4.42 Å². The van der Waals surface area contributed by atoms with Crippen molar-refractivity contribution in [2.24, 2.45) is 0 Å². The van der Waals surface area contributed by atoms with E-state index in [0.717, 1.165) is 12.1 Å². The molecule has 0 spiro atoms. The molecule has 18 heavy (non-hydrogen) atoms. The number of benzene rings is 1. The predicted octanol–water partition coefficient (Wildman–Crippen LogP) is 3.12. The summed E-state index contributed by atoms with van der Waals surface area (Å²) in [6, 6.07) is 3.96. The number of oxazole rings is 1. The van der Waals surface area contributed by atoms with E-state index < -0.39 is 11.6 Å². The molecule has 0 amide bonds. The third-order valence-electron chi connectivity index (χ3n) is 2.50. The summed E-state index contributed by atoms with van der Waals surface area (Å²) in [5, 5.41) is 3.19. The average Bonchev–Trinajstić information content (AvgIpc) is 2.78. The molecule has 0 aliphatic heterocycles. The maximum atomic E-state index is 13.2. The maximum absolute atomic E-state index is 13.2. The van der Waals surface area contributed by atoms with Crippen molar-refractivity contribution in [3.8, 4) is 11.3 Å². The van der Waals surface area contributed by atoms with Crippen LogP contribution in [0.2, 0.25) is 0 Å². The molecule has 2 rings (SSSR count). The van der Waals surface area contributed by atoms with Gasteiger partial charge in [0, 0.05) is 18.2 Å². The molecule has 1 aromatic heterocycles. The molecule has 96 valence electrons. The first kappa shape index (κ1) is 12.7. The molecular formula is C13H14F2N2O. The van der Waals surface area contributed by atoms with E-state index in [1.165, 1.54) is 12.5 Å². The summed E-state index contributed by atoms with van der Waals surface area (Å²) in [6.07, 6.45) is 1.30. The number of rotatable bonds is 4. The third kappa shape index (κ3) is 2.73.